The molecule has 12 nitrogen and oxygen atoms in total. The maximum Gasteiger partial charge on any atom is 0.335 e. The molecule has 0 bridgehead atoms. The second kappa shape index (κ2) is 12.7. The Morgan fingerprint density at radius 3 is 2.52 bits per heavy atom. The molecule has 2 amide bonds. The van der Waals surface area contributed by atoms with E-state index in [0.29, 0.717) is 34.9 Å². The molecule has 0 aliphatic carbocycles. The average Bonchev–Trinajstić information content (AvgIpc) is 3.58. The summed E-state index contributed by atoms with van der Waals surface area (Å²) >= 11 is 6.26. The number of fused-ring (bicyclic) bond motifs is 1. The Kier molecular flexibility index (Phi) is 8.35. The third-order valence-electron chi connectivity index (χ3n) is 7.78. The molecule has 224 valence electrons. The maximum absolute atomic E-state index is 14.0. The number of anilines is 2. The number of aromatic nitrogens is 4. The number of carbonyl (C=O) groups is 3. The number of carboxylic acids is 1. The molecule has 13 heteroatoms. The van der Waals surface area contributed by atoms with Crippen molar-refractivity contribution in [2.75, 3.05) is 42.9 Å². The number of hydrogen-bond acceptors (Lipinski definition) is 8. The number of hydrogen-bond donors (Lipinski definition) is 3. The predicted octanol–water partition coefficient (Wildman–Crippen LogP) is 3.20. The highest BCUT2D eigenvalue weighted by Crippen LogP contribution is 2.37. The van der Waals surface area contributed by atoms with Crippen LogP contribution in [0, 0.1) is 0 Å². The van der Waals surface area contributed by atoms with Crippen LogP contribution in [-0.4, -0.2) is 80.7 Å². The quantitative estimate of drug-likeness (QED) is 0.268. The number of halogens is 1. The Morgan fingerprint density at radius 1 is 1.00 bits per heavy atom. The fourth-order valence-electron chi connectivity index (χ4n) is 5.67. The molecule has 4 aromatic rings. The lowest BCUT2D eigenvalue weighted by molar-refractivity contribution is -0.135. The van der Waals surface area contributed by atoms with Crippen LogP contribution < -0.4 is 15.5 Å². The van der Waals surface area contributed by atoms with Crippen LogP contribution >= 0.6 is 11.6 Å². The van der Waals surface area contributed by atoms with Crippen molar-refractivity contribution in [1.29, 1.82) is 0 Å². The van der Waals surface area contributed by atoms with Gasteiger partial charge in [-0.3, -0.25) is 9.59 Å². The molecule has 1 saturated heterocycles. The number of tetrazole rings is 1. The van der Waals surface area contributed by atoms with Crippen molar-refractivity contribution < 1.29 is 19.5 Å². The Balaban J connectivity index is 1.34. The fraction of sp³-hybridized carbons (Fsp3) is 0.226. The molecular weight excluding hydrogens is 584 g/mol. The van der Waals surface area contributed by atoms with Gasteiger partial charge in [0.25, 0.3) is 5.91 Å². The Morgan fingerprint density at radius 2 is 1.80 bits per heavy atom. The van der Waals surface area contributed by atoms with Gasteiger partial charge in [-0.1, -0.05) is 23.7 Å². The fourth-order valence-corrected chi connectivity index (χ4v) is 5.86. The zero-order valence-electron chi connectivity index (χ0n) is 23.6. The highest BCUT2D eigenvalue weighted by Gasteiger charge is 2.37. The van der Waals surface area contributed by atoms with Crippen molar-refractivity contribution in [3.63, 3.8) is 0 Å². The van der Waals surface area contributed by atoms with Crippen molar-refractivity contribution in [2.24, 2.45) is 0 Å². The van der Waals surface area contributed by atoms with Gasteiger partial charge in [0.2, 0.25) is 5.91 Å². The van der Waals surface area contributed by atoms with Gasteiger partial charge in [0.15, 0.2) is 0 Å². The molecule has 1 fully saturated rings. The number of carbonyl (C=O) groups excluding carboxylic acids is 2. The summed E-state index contributed by atoms with van der Waals surface area (Å²) in [6.07, 6.45) is 5.09. The summed E-state index contributed by atoms with van der Waals surface area (Å²) in [6, 6.07) is 16.1. The summed E-state index contributed by atoms with van der Waals surface area (Å²) < 4.78 is 1.47. The summed E-state index contributed by atoms with van der Waals surface area (Å²) in [5, 5.41) is 27.3. The van der Waals surface area contributed by atoms with E-state index < -0.39 is 17.9 Å². The van der Waals surface area contributed by atoms with Gasteiger partial charge in [-0.05, 0) is 82.6 Å². The van der Waals surface area contributed by atoms with Crippen LogP contribution in [0.1, 0.15) is 33.1 Å². The van der Waals surface area contributed by atoms with Crippen LogP contribution in [0.4, 0.5) is 11.4 Å². The lowest BCUT2D eigenvalue weighted by Crippen LogP contribution is -2.47. The van der Waals surface area contributed by atoms with E-state index in [0.717, 1.165) is 43.0 Å². The monoisotopic (exact) mass is 612 g/mol. The van der Waals surface area contributed by atoms with Crippen LogP contribution in [0.2, 0.25) is 5.02 Å². The standard InChI is InChI=1S/C31H29ClN8O4/c32-22-7-10-26(40-19-34-36-37-40)21(18-22)6-11-28(41)39-15-12-24-25(2-1-3-27(24)38-16-13-33-14-17-38)29(39)30(42)35-23-8-4-20(5-9-23)31(43)44/h1-11,18-19,29,33H,12-17H2,(H,35,42)(H,43,44). The van der Waals surface area contributed by atoms with Crippen molar-refractivity contribution in [1.82, 2.24) is 30.4 Å². The summed E-state index contributed by atoms with van der Waals surface area (Å²) in [5.74, 6) is -1.81. The highest BCUT2D eigenvalue weighted by molar-refractivity contribution is 6.30. The Labute approximate surface area is 257 Å². The first-order valence-electron chi connectivity index (χ1n) is 14.1. The topological polar surface area (TPSA) is 146 Å². The molecule has 3 N–H and O–H groups in total. The van der Waals surface area contributed by atoms with E-state index in [9.17, 15) is 19.5 Å². The van der Waals surface area contributed by atoms with Crippen molar-refractivity contribution in [3.8, 4) is 5.69 Å². The van der Waals surface area contributed by atoms with Crippen LogP contribution in [0.15, 0.2) is 73.1 Å². The number of piperazine rings is 1. The van der Waals surface area contributed by atoms with Crippen LogP contribution in [0.5, 0.6) is 0 Å². The molecule has 0 radical (unpaired) electrons. The van der Waals surface area contributed by atoms with Crippen LogP contribution in [-0.2, 0) is 16.0 Å². The predicted molar refractivity (Wildman–Crippen MR) is 165 cm³/mol. The van der Waals surface area contributed by atoms with E-state index in [2.05, 4.69) is 37.1 Å². The number of aromatic carboxylic acids is 1. The largest absolute Gasteiger partial charge is 0.478 e. The molecule has 3 aromatic carbocycles. The van der Waals surface area contributed by atoms with Crippen LogP contribution in [0.3, 0.4) is 0 Å². The average molecular weight is 613 g/mol. The summed E-state index contributed by atoms with van der Waals surface area (Å²) in [6.45, 7) is 3.75. The minimum atomic E-state index is -1.06. The minimum Gasteiger partial charge on any atom is -0.478 e. The molecule has 2 aliphatic heterocycles. The van der Waals surface area contributed by atoms with Crippen molar-refractivity contribution in [3.05, 3.63) is 100 Å². The van der Waals surface area contributed by atoms with Gasteiger partial charge in [-0.2, -0.15) is 4.68 Å². The molecule has 1 aromatic heterocycles. The molecule has 3 heterocycles. The number of nitrogens with zero attached hydrogens (tertiary/aromatic N) is 6. The SMILES string of the molecule is O=C(O)c1ccc(NC(=O)C2c3cccc(N4CCNCC4)c3CCN2C(=O)C=Cc2cc(Cl)ccc2-n2cnnn2)cc1. The Hall–Kier alpha value is -5.07. The first-order chi connectivity index (χ1) is 21.4. The molecule has 1 atom stereocenters. The van der Waals surface area contributed by atoms with Gasteiger partial charge >= 0.3 is 5.97 Å². The molecular formula is C31H29ClN8O4. The van der Waals surface area contributed by atoms with Gasteiger partial charge < -0.3 is 25.5 Å². The van der Waals surface area contributed by atoms with Crippen molar-refractivity contribution in [2.45, 2.75) is 12.5 Å². The normalized spacial score (nSPS) is 16.5. The summed E-state index contributed by atoms with van der Waals surface area (Å²) in [5.41, 5.74) is 4.66. The van der Waals surface area contributed by atoms with Gasteiger partial charge in [-0.25, -0.2) is 4.79 Å². The third kappa shape index (κ3) is 6.03. The summed E-state index contributed by atoms with van der Waals surface area (Å²) in [7, 11) is 0. The Bertz CT molecular complexity index is 1720. The summed E-state index contributed by atoms with van der Waals surface area (Å²) in [4.78, 5) is 43.0. The van der Waals surface area contributed by atoms with Gasteiger partial charge in [0, 0.05) is 60.8 Å². The number of nitrogens with one attached hydrogen (secondary N) is 2. The highest BCUT2D eigenvalue weighted by atomic mass is 35.5. The first kappa shape index (κ1) is 29.0. The van der Waals surface area contributed by atoms with Crippen molar-refractivity contribution >= 4 is 46.8 Å². The van der Waals surface area contributed by atoms with E-state index in [1.54, 1.807) is 29.2 Å². The van der Waals surface area contributed by atoms with E-state index in [-0.39, 0.29) is 11.5 Å². The second-order valence-corrected chi connectivity index (χ2v) is 10.9. The number of carboxylic acid groups (broad SMARTS) is 1. The zero-order valence-corrected chi connectivity index (χ0v) is 24.3. The number of benzene rings is 3. The smallest absolute Gasteiger partial charge is 0.335 e. The molecule has 1 unspecified atom stereocenters. The minimum absolute atomic E-state index is 0.107. The second-order valence-electron chi connectivity index (χ2n) is 10.4. The first-order valence-corrected chi connectivity index (χ1v) is 14.5. The van der Waals surface area contributed by atoms with E-state index >= 15 is 0 Å². The maximum atomic E-state index is 14.0. The van der Waals surface area contributed by atoms with Crippen LogP contribution in [0.25, 0.3) is 11.8 Å². The number of rotatable bonds is 7. The van der Waals surface area contributed by atoms with E-state index in [1.807, 2.05) is 12.1 Å². The van der Waals surface area contributed by atoms with E-state index in [4.69, 9.17) is 11.6 Å². The molecule has 0 spiro atoms. The number of amides is 2. The van der Waals surface area contributed by atoms with Gasteiger partial charge in [0.05, 0.1) is 11.3 Å². The van der Waals surface area contributed by atoms with Gasteiger partial charge in [0.1, 0.15) is 12.4 Å². The van der Waals surface area contributed by atoms with E-state index in [1.165, 1.54) is 41.4 Å². The molecule has 44 heavy (non-hydrogen) atoms. The molecule has 6 rings (SSSR count). The zero-order chi connectivity index (χ0) is 30.6. The lowest BCUT2D eigenvalue weighted by atomic mass is 9.89. The molecule has 2 aliphatic rings. The van der Waals surface area contributed by atoms with Gasteiger partial charge in [-0.15, -0.1) is 5.10 Å². The lowest BCUT2D eigenvalue weighted by Gasteiger charge is -2.39. The molecule has 0 saturated carbocycles. The third-order valence-corrected chi connectivity index (χ3v) is 8.01.